The molecule has 26 heavy (non-hydrogen) atoms. The summed E-state index contributed by atoms with van der Waals surface area (Å²) in [6.45, 7) is 2.19. The van der Waals surface area contributed by atoms with Gasteiger partial charge in [0.2, 0.25) is 5.88 Å². The molecule has 3 rings (SSSR count). The molecule has 8 heteroatoms. The molecule has 0 bridgehead atoms. The van der Waals surface area contributed by atoms with Crippen molar-refractivity contribution in [2.24, 2.45) is 0 Å². The van der Waals surface area contributed by atoms with E-state index in [9.17, 15) is 4.79 Å². The highest BCUT2D eigenvalue weighted by Gasteiger charge is 2.18. The van der Waals surface area contributed by atoms with Gasteiger partial charge in [-0.1, -0.05) is 17.7 Å². The van der Waals surface area contributed by atoms with Crippen molar-refractivity contribution >= 4 is 23.2 Å². The molecule has 1 amide bonds. The summed E-state index contributed by atoms with van der Waals surface area (Å²) in [7, 11) is 1.42. The van der Waals surface area contributed by atoms with Crippen LogP contribution in [0.2, 0.25) is 5.02 Å². The Hall–Kier alpha value is -2.66. The van der Waals surface area contributed by atoms with Crippen LogP contribution in [-0.4, -0.2) is 37.7 Å². The van der Waals surface area contributed by atoms with E-state index < -0.39 is 5.91 Å². The lowest BCUT2D eigenvalue weighted by atomic mass is 10.1. The summed E-state index contributed by atoms with van der Waals surface area (Å²) in [5.74, 6) is -0.218. The SMILES string of the molecule is COc1cc(C(=O)Nc2ccc(C3CNCCO3)cc2Cl)cc(C#N)n1. The molecule has 1 aromatic heterocycles. The highest BCUT2D eigenvalue weighted by Crippen LogP contribution is 2.28. The Morgan fingerprint density at radius 3 is 2.96 bits per heavy atom. The second-order valence-corrected chi connectivity index (χ2v) is 6.06. The number of hydrogen-bond acceptors (Lipinski definition) is 6. The summed E-state index contributed by atoms with van der Waals surface area (Å²) in [6, 6.07) is 10.1. The molecule has 0 radical (unpaired) electrons. The van der Waals surface area contributed by atoms with Crippen LogP contribution in [0.1, 0.15) is 27.7 Å². The zero-order valence-electron chi connectivity index (χ0n) is 14.1. The van der Waals surface area contributed by atoms with Crippen molar-refractivity contribution in [2.75, 3.05) is 32.1 Å². The lowest BCUT2D eigenvalue weighted by Gasteiger charge is -2.24. The maximum atomic E-state index is 12.5. The Labute approximate surface area is 155 Å². The molecule has 1 unspecified atom stereocenters. The third-order valence-corrected chi connectivity index (χ3v) is 4.24. The number of aromatic nitrogens is 1. The van der Waals surface area contributed by atoms with Gasteiger partial charge >= 0.3 is 0 Å². The van der Waals surface area contributed by atoms with Crippen LogP contribution < -0.4 is 15.4 Å². The van der Waals surface area contributed by atoms with Crippen LogP contribution in [0.15, 0.2) is 30.3 Å². The minimum absolute atomic E-state index is 0.0614. The van der Waals surface area contributed by atoms with Crippen LogP contribution in [0.25, 0.3) is 0 Å². The average Bonchev–Trinajstić information content (AvgIpc) is 2.69. The van der Waals surface area contributed by atoms with Gasteiger partial charge in [-0.15, -0.1) is 0 Å². The lowest BCUT2D eigenvalue weighted by Crippen LogP contribution is -2.33. The summed E-state index contributed by atoms with van der Waals surface area (Å²) in [4.78, 5) is 16.4. The first-order valence-corrected chi connectivity index (χ1v) is 8.38. The Morgan fingerprint density at radius 2 is 2.31 bits per heavy atom. The van der Waals surface area contributed by atoms with E-state index in [4.69, 9.17) is 26.3 Å². The van der Waals surface area contributed by atoms with Gasteiger partial charge in [-0.2, -0.15) is 5.26 Å². The molecule has 2 aromatic rings. The fourth-order valence-electron chi connectivity index (χ4n) is 2.61. The first-order valence-electron chi connectivity index (χ1n) is 8.00. The number of carbonyl (C=O) groups is 1. The van der Waals surface area contributed by atoms with Crippen molar-refractivity contribution in [1.29, 1.82) is 5.26 Å². The lowest BCUT2D eigenvalue weighted by molar-refractivity contribution is 0.0277. The summed E-state index contributed by atoms with van der Waals surface area (Å²) >= 11 is 6.32. The smallest absolute Gasteiger partial charge is 0.256 e. The number of nitrogens with zero attached hydrogens (tertiary/aromatic N) is 2. The number of nitriles is 1. The van der Waals surface area contributed by atoms with Crippen LogP contribution in [-0.2, 0) is 4.74 Å². The quantitative estimate of drug-likeness (QED) is 0.856. The molecule has 1 atom stereocenters. The number of ether oxygens (including phenoxy) is 2. The van der Waals surface area contributed by atoms with Crippen molar-refractivity contribution in [3.8, 4) is 11.9 Å². The second-order valence-electron chi connectivity index (χ2n) is 5.65. The Bertz CT molecular complexity index is 860. The van der Waals surface area contributed by atoms with Crippen molar-refractivity contribution in [3.63, 3.8) is 0 Å². The van der Waals surface area contributed by atoms with E-state index in [1.807, 2.05) is 12.1 Å². The summed E-state index contributed by atoms with van der Waals surface area (Å²) in [6.07, 6.45) is -0.0614. The van der Waals surface area contributed by atoms with E-state index in [1.165, 1.54) is 19.2 Å². The van der Waals surface area contributed by atoms with E-state index in [0.717, 1.165) is 18.7 Å². The molecule has 0 aliphatic carbocycles. The zero-order valence-corrected chi connectivity index (χ0v) is 14.8. The van der Waals surface area contributed by atoms with Crippen LogP contribution in [0.4, 0.5) is 5.69 Å². The minimum atomic E-state index is -0.410. The van der Waals surface area contributed by atoms with Crippen LogP contribution >= 0.6 is 11.6 Å². The van der Waals surface area contributed by atoms with Gasteiger partial charge in [0.15, 0.2) is 0 Å². The van der Waals surface area contributed by atoms with Crippen LogP contribution in [0.5, 0.6) is 5.88 Å². The molecular weight excluding hydrogens is 356 g/mol. The van der Waals surface area contributed by atoms with Gasteiger partial charge in [0.05, 0.1) is 30.5 Å². The molecule has 1 saturated heterocycles. The maximum Gasteiger partial charge on any atom is 0.256 e. The van der Waals surface area contributed by atoms with Gasteiger partial charge < -0.3 is 20.1 Å². The molecular formula is C18H17ClN4O3. The number of anilines is 1. The number of morpholine rings is 1. The van der Waals surface area contributed by atoms with E-state index in [0.29, 0.717) is 17.3 Å². The number of amides is 1. The first-order chi connectivity index (χ1) is 12.6. The maximum absolute atomic E-state index is 12.5. The normalized spacial score (nSPS) is 16.6. The van der Waals surface area contributed by atoms with Gasteiger partial charge in [0, 0.05) is 24.7 Å². The number of hydrogen-bond donors (Lipinski definition) is 2. The number of methoxy groups -OCH3 is 1. The molecule has 0 spiro atoms. The predicted molar refractivity (Wildman–Crippen MR) is 96.5 cm³/mol. The number of carbonyl (C=O) groups excluding carboxylic acids is 1. The summed E-state index contributed by atoms with van der Waals surface area (Å²) in [5, 5.41) is 15.4. The Balaban J connectivity index is 1.78. The molecule has 1 fully saturated rings. The van der Waals surface area contributed by atoms with Gasteiger partial charge in [-0.3, -0.25) is 4.79 Å². The first kappa shape index (κ1) is 18.1. The molecule has 2 N–H and O–H groups in total. The molecule has 7 nitrogen and oxygen atoms in total. The topological polar surface area (TPSA) is 96.3 Å². The Kier molecular flexibility index (Phi) is 5.68. The monoisotopic (exact) mass is 372 g/mol. The van der Waals surface area contributed by atoms with Crippen LogP contribution in [0, 0.1) is 11.3 Å². The van der Waals surface area contributed by atoms with Crippen molar-refractivity contribution in [3.05, 3.63) is 52.2 Å². The third-order valence-electron chi connectivity index (χ3n) is 3.93. The highest BCUT2D eigenvalue weighted by molar-refractivity contribution is 6.34. The van der Waals surface area contributed by atoms with E-state index in [1.54, 1.807) is 12.1 Å². The summed E-state index contributed by atoms with van der Waals surface area (Å²) in [5.41, 5.74) is 1.77. The Morgan fingerprint density at radius 1 is 1.46 bits per heavy atom. The fourth-order valence-corrected chi connectivity index (χ4v) is 2.84. The van der Waals surface area contributed by atoms with E-state index in [-0.39, 0.29) is 23.2 Å². The van der Waals surface area contributed by atoms with Gasteiger partial charge in [-0.05, 0) is 23.8 Å². The predicted octanol–water partition coefficient (Wildman–Crippen LogP) is 2.53. The second kappa shape index (κ2) is 8.15. The van der Waals surface area contributed by atoms with Crippen molar-refractivity contribution in [1.82, 2.24) is 10.3 Å². The number of benzene rings is 1. The fraction of sp³-hybridized carbons (Fsp3) is 0.278. The number of nitrogens with one attached hydrogen (secondary N) is 2. The zero-order chi connectivity index (χ0) is 18.5. The van der Waals surface area contributed by atoms with E-state index >= 15 is 0 Å². The van der Waals surface area contributed by atoms with E-state index in [2.05, 4.69) is 15.6 Å². The molecule has 1 aliphatic heterocycles. The largest absolute Gasteiger partial charge is 0.481 e. The molecule has 2 heterocycles. The number of pyridine rings is 1. The third kappa shape index (κ3) is 4.11. The molecule has 1 aromatic carbocycles. The molecule has 0 saturated carbocycles. The molecule has 1 aliphatic rings. The van der Waals surface area contributed by atoms with Gasteiger partial charge in [0.25, 0.3) is 5.91 Å². The summed E-state index contributed by atoms with van der Waals surface area (Å²) < 4.78 is 10.7. The van der Waals surface area contributed by atoms with Gasteiger partial charge in [0.1, 0.15) is 11.8 Å². The standard InChI is InChI=1S/C18H17ClN4O3/c1-25-17-8-12(6-13(9-20)22-17)18(24)23-15-3-2-11(7-14(15)19)16-10-21-4-5-26-16/h2-3,6-8,16,21H,4-5,10H2,1H3,(H,23,24). The molecule has 134 valence electrons. The van der Waals surface area contributed by atoms with Crippen LogP contribution in [0.3, 0.4) is 0 Å². The number of halogens is 1. The number of rotatable bonds is 4. The average molecular weight is 373 g/mol. The highest BCUT2D eigenvalue weighted by atomic mass is 35.5. The van der Waals surface area contributed by atoms with Crippen molar-refractivity contribution in [2.45, 2.75) is 6.10 Å². The minimum Gasteiger partial charge on any atom is -0.481 e. The van der Waals surface area contributed by atoms with Gasteiger partial charge in [-0.25, -0.2) is 4.98 Å². The van der Waals surface area contributed by atoms with Crippen molar-refractivity contribution < 1.29 is 14.3 Å².